The van der Waals surface area contributed by atoms with Crippen LogP contribution in [0.25, 0.3) is 0 Å². The summed E-state index contributed by atoms with van der Waals surface area (Å²) in [5.74, 6) is -1.78. The van der Waals surface area contributed by atoms with Crippen LogP contribution in [0.4, 0.5) is 0 Å². The molecule has 0 bridgehead atoms. The summed E-state index contributed by atoms with van der Waals surface area (Å²) in [6, 6.07) is 0.248. The normalized spacial score (nSPS) is 30.7. The Balaban J connectivity index is 2.51. The molecular weight excluding hydrogens is 468 g/mol. The highest BCUT2D eigenvalue weighted by molar-refractivity contribution is 5.89. The van der Waals surface area contributed by atoms with Crippen molar-refractivity contribution in [1.29, 1.82) is 0 Å². The summed E-state index contributed by atoms with van der Waals surface area (Å²) in [5, 5.41) is 11.2. The fraction of sp³-hybridized carbons (Fsp3) is 0.885. The smallest absolute Gasteiger partial charge is 0.340 e. The van der Waals surface area contributed by atoms with Gasteiger partial charge in [0.2, 0.25) is 12.3 Å². The minimum absolute atomic E-state index is 0.0161. The first-order valence-corrected chi connectivity index (χ1v) is 12.8. The van der Waals surface area contributed by atoms with E-state index in [0.29, 0.717) is 17.8 Å². The summed E-state index contributed by atoms with van der Waals surface area (Å²) in [4.78, 5) is 25.7. The summed E-state index contributed by atoms with van der Waals surface area (Å²) < 4.78 is 30.6. The quantitative estimate of drug-likeness (QED) is 0.229. The molecule has 0 spiro atoms. The van der Waals surface area contributed by atoms with Gasteiger partial charge in [-0.3, -0.25) is 10.1 Å². The molecule has 0 aromatic carbocycles. The molecule has 10 nitrogen and oxygen atoms in total. The largest absolute Gasteiger partial charge is 0.456 e. The topological polar surface area (TPSA) is 110 Å². The average molecular weight is 515 g/mol. The fourth-order valence-electron chi connectivity index (χ4n) is 5.58. The number of carbonyl (C=O) groups excluding carboxylic acids is 1. The predicted octanol–water partition coefficient (Wildman–Crippen LogP) is 4.00. The van der Waals surface area contributed by atoms with Gasteiger partial charge in [0.05, 0.1) is 23.4 Å². The van der Waals surface area contributed by atoms with E-state index in [0.717, 1.165) is 6.42 Å². The van der Waals surface area contributed by atoms with Crippen molar-refractivity contribution < 1.29 is 33.4 Å². The molecule has 0 aliphatic carbocycles. The molecule has 0 aromatic rings. The highest BCUT2D eigenvalue weighted by Gasteiger charge is 2.49. The molecular formula is C26H46N2O8. The minimum atomic E-state index is -1.13. The maximum Gasteiger partial charge on any atom is 0.340 e. The average Bonchev–Trinajstić information content (AvgIpc) is 2.74. The molecule has 0 aromatic heterocycles. The first-order valence-electron chi connectivity index (χ1n) is 12.8. The Morgan fingerprint density at radius 1 is 1.25 bits per heavy atom. The molecule has 0 saturated carbocycles. The first-order chi connectivity index (χ1) is 16.5. The number of hydrogen-bond acceptors (Lipinski definition) is 9. The Hall–Kier alpha value is -1.75. The number of hydrogen-bond donors (Lipinski definition) is 0. The number of nitro groups is 1. The van der Waals surface area contributed by atoms with E-state index in [1.54, 1.807) is 27.9 Å². The van der Waals surface area contributed by atoms with Gasteiger partial charge in [0.15, 0.2) is 6.29 Å². The second-order valence-corrected chi connectivity index (χ2v) is 11.5. The summed E-state index contributed by atoms with van der Waals surface area (Å²) in [5.41, 5.74) is -0.571. The van der Waals surface area contributed by atoms with Crippen molar-refractivity contribution in [2.75, 3.05) is 27.7 Å². The van der Waals surface area contributed by atoms with Gasteiger partial charge in [0.1, 0.15) is 5.76 Å². The van der Waals surface area contributed by atoms with Crippen molar-refractivity contribution >= 4 is 5.97 Å². The standard InChI is InChI=1S/C26H46N2O8/c1-15(14-28(30)31)13-26(8,32-11)22(18(4)21-19(5)23(29)36-25(6,7)35-21)34-24-17(3)20(27(9)10)12-16(2)33-24/h15-18,20,22,24H,12-14H2,1-11H3/t15-,16?,17?,18+,20?,22-,24+,26-/m1/s1. The van der Waals surface area contributed by atoms with Crippen LogP contribution >= 0.6 is 0 Å². The number of methoxy groups -OCH3 is 1. The van der Waals surface area contributed by atoms with Crippen LogP contribution in [0, 0.1) is 27.9 Å². The second-order valence-electron chi connectivity index (χ2n) is 11.5. The van der Waals surface area contributed by atoms with E-state index < -0.39 is 35.7 Å². The molecule has 8 atom stereocenters. The van der Waals surface area contributed by atoms with Crippen molar-refractivity contribution in [2.45, 2.75) is 104 Å². The molecule has 208 valence electrons. The van der Waals surface area contributed by atoms with Gasteiger partial charge in [-0.05, 0) is 47.7 Å². The number of rotatable bonds is 11. The van der Waals surface area contributed by atoms with Crippen LogP contribution in [0.3, 0.4) is 0 Å². The summed E-state index contributed by atoms with van der Waals surface area (Å²) in [6.07, 6.45) is 0.0519. The first kappa shape index (κ1) is 30.5. The van der Waals surface area contributed by atoms with E-state index in [1.165, 1.54) is 0 Å². The molecule has 0 amide bonds. The molecule has 0 N–H and O–H groups in total. The Bertz CT molecular complexity index is 829. The third-order valence-corrected chi connectivity index (χ3v) is 7.44. The van der Waals surface area contributed by atoms with Crippen LogP contribution in [0.15, 0.2) is 11.3 Å². The summed E-state index contributed by atoms with van der Waals surface area (Å²) in [7, 11) is 5.68. The van der Waals surface area contributed by atoms with Crippen LogP contribution in [-0.2, 0) is 28.5 Å². The lowest BCUT2D eigenvalue weighted by molar-refractivity contribution is -0.488. The molecule has 2 rings (SSSR count). The third-order valence-electron chi connectivity index (χ3n) is 7.44. The number of cyclic esters (lactones) is 1. The maximum absolute atomic E-state index is 12.6. The zero-order valence-electron chi connectivity index (χ0n) is 23.8. The molecule has 36 heavy (non-hydrogen) atoms. The van der Waals surface area contributed by atoms with Gasteiger partial charge >= 0.3 is 5.97 Å². The van der Waals surface area contributed by atoms with Crippen molar-refractivity contribution in [1.82, 2.24) is 4.90 Å². The number of carbonyl (C=O) groups is 1. The number of esters is 1. The number of nitrogens with zero attached hydrogens (tertiary/aromatic N) is 2. The lowest BCUT2D eigenvalue weighted by atomic mass is 9.80. The highest BCUT2D eigenvalue weighted by Crippen LogP contribution is 2.41. The van der Waals surface area contributed by atoms with E-state index >= 15 is 0 Å². The molecule has 3 unspecified atom stereocenters. The summed E-state index contributed by atoms with van der Waals surface area (Å²) >= 11 is 0. The van der Waals surface area contributed by atoms with Crippen molar-refractivity contribution in [2.24, 2.45) is 17.8 Å². The van der Waals surface area contributed by atoms with Crippen LogP contribution < -0.4 is 0 Å². The molecule has 2 aliphatic heterocycles. The molecule has 1 fully saturated rings. The minimum Gasteiger partial charge on any atom is -0.456 e. The summed E-state index contributed by atoms with van der Waals surface area (Å²) in [6.45, 7) is 14.6. The van der Waals surface area contributed by atoms with Gasteiger partial charge < -0.3 is 28.6 Å². The molecule has 2 heterocycles. The Morgan fingerprint density at radius 3 is 2.39 bits per heavy atom. The molecule has 1 saturated heterocycles. The van der Waals surface area contributed by atoms with Gasteiger partial charge in [0, 0.05) is 49.7 Å². The van der Waals surface area contributed by atoms with Gasteiger partial charge in [0.25, 0.3) is 0 Å². The van der Waals surface area contributed by atoms with Gasteiger partial charge in [-0.25, -0.2) is 4.79 Å². The Labute approximate surface area is 215 Å². The fourth-order valence-corrected chi connectivity index (χ4v) is 5.58. The zero-order valence-corrected chi connectivity index (χ0v) is 23.8. The van der Waals surface area contributed by atoms with Crippen molar-refractivity contribution in [3.05, 3.63) is 21.4 Å². The Morgan fingerprint density at radius 2 is 1.86 bits per heavy atom. The number of ether oxygens (including phenoxy) is 5. The lowest BCUT2D eigenvalue weighted by Crippen LogP contribution is -2.56. The zero-order chi connectivity index (χ0) is 27.6. The van der Waals surface area contributed by atoms with Crippen LogP contribution in [0.2, 0.25) is 0 Å². The van der Waals surface area contributed by atoms with Crippen molar-refractivity contribution in [3.63, 3.8) is 0 Å². The van der Waals surface area contributed by atoms with Gasteiger partial charge in [-0.15, -0.1) is 0 Å². The molecule has 0 radical (unpaired) electrons. The van der Waals surface area contributed by atoms with Crippen molar-refractivity contribution in [3.8, 4) is 0 Å². The van der Waals surface area contributed by atoms with E-state index in [2.05, 4.69) is 11.8 Å². The maximum atomic E-state index is 12.6. The van der Waals surface area contributed by atoms with Crippen LogP contribution in [0.1, 0.15) is 68.2 Å². The lowest BCUT2D eigenvalue weighted by Gasteiger charge is -2.48. The van der Waals surface area contributed by atoms with E-state index in [9.17, 15) is 14.9 Å². The highest BCUT2D eigenvalue weighted by atomic mass is 16.7. The molecule has 10 heteroatoms. The van der Waals surface area contributed by atoms with Gasteiger partial charge in [-0.1, -0.05) is 20.8 Å². The van der Waals surface area contributed by atoms with E-state index in [4.69, 9.17) is 23.7 Å². The predicted molar refractivity (Wildman–Crippen MR) is 135 cm³/mol. The van der Waals surface area contributed by atoms with E-state index in [-0.39, 0.29) is 35.4 Å². The Kier molecular flexibility index (Phi) is 9.95. The third kappa shape index (κ3) is 7.18. The molecule has 2 aliphatic rings. The van der Waals surface area contributed by atoms with Gasteiger partial charge in [-0.2, -0.15) is 0 Å². The van der Waals surface area contributed by atoms with Crippen LogP contribution in [0.5, 0.6) is 0 Å². The monoisotopic (exact) mass is 514 g/mol. The second kappa shape index (κ2) is 11.8. The van der Waals surface area contributed by atoms with E-state index in [1.807, 2.05) is 41.8 Å². The van der Waals surface area contributed by atoms with Crippen LogP contribution in [-0.4, -0.2) is 79.5 Å². The SMILES string of the molecule is CO[C@](C)(C[C@@H](C)C[N+](=O)[O-])[C@H](O[C@@H]1OC(C)CC(N(C)C)C1C)[C@@H](C)C1=C(C)C(=O)OC(C)(C)O1.